The summed E-state index contributed by atoms with van der Waals surface area (Å²) in [4.78, 5) is 15.4. The third-order valence-electron chi connectivity index (χ3n) is 2.12. The van der Waals surface area contributed by atoms with Crippen LogP contribution in [0.1, 0.15) is 29.9 Å². The van der Waals surface area contributed by atoms with Crippen LogP contribution in [0.15, 0.2) is 24.5 Å². The second kappa shape index (κ2) is 5.30. The zero-order chi connectivity index (χ0) is 12.1. The van der Waals surface area contributed by atoms with Crippen LogP contribution in [0.3, 0.4) is 0 Å². The van der Waals surface area contributed by atoms with Crippen LogP contribution in [-0.2, 0) is 4.74 Å². The summed E-state index contributed by atoms with van der Waals surface area (Å²) in [7, 11) is 1.36. The number of hydrogen-bond donors (Lipinski definition) is 0. The molecule has 0 spiro atoms. The first-order valence-electron chi connectivity index (χ1n) is 5.24. The molecule has 86 valence electrons. The molecule has 16 heavy (non-hydrogen) atoms. The summed E-state index contributed by atoms with van der Waals surface area (Å²) in [6.07, 6.45) is 3.57. The van der Waals surface area contributed by atoms with Crippen molar-refractivity contribution in [3.8, 4) is 0 Å². The molecule has 2 heterocycles. The monoisotopic (exact) mass is 220 g/mol. The van der Waals surface area contributed by atoms with Crippen molar-refractivity contribution in [1.29, 1.82) is 0 Å². The second-order valence-electron chi connectivity index (χ2n) is 3.03. The molecule has 0 amide bonds. The Bertz CT molecular complexity index is 489. The molecule has 0 saturated heterocycles. The number of imidazole rings is 1. The van der Waals surface area contributed by atoms with Crippen molar-refractivity contribution in [2.45, 2.75) is 20.8 Å². The van der Waals surface area contributed by atoms with Gasteiger partial charge in [-0.05, 0) is 19.1 Å². The lowest BCUT2D eigenvalue weighted by Crippen LogP contribution is -2.02. The molecule has 0 N–H and O–H groups in total. The minimum absolute atomic E-state index is 0.340. The molecule has 0 aliphatic heterocycles. The highest BCUT2D eigenvalue weighted by atomic mass is 16.5. The number of aromatic nitrogens is 2. The number of ether oxygens (including phenoxy) is 1. The number of rotatable bonds is 1. The summed E-state index contributed by atoms with van der Waals surface area (Å²) >= 11 is 0. The predicted octanol–water partition coefficient (Wildman–Crippen LogP) is 2.46. The van der Waals surface area contributed by atoms with E-state index in [-0.39, 0.29) is 5.97 Å². The molecule has 0 aromatic carbocycles. The smallest absolute Gasteiger partial charge is 0.338 e. The van der Waals surface area contributed by atoms with Crippen LogP contribution < -0.4 is 0 Å². The standard InChI is InChI=1S/C10H10N2O2.C2H6/c1-7-6-11-9-5-8(10(13)14-2)3-4-12(7)9;1-2/h3-6H,1-2H3;1-2H3. The Kier molecular flexibility index (Phi) is 4.05. The van der Waals surface area contributed by atoms with Crippen LogP contribution in [0.4, 0.5) is 0 Å². The van der Waals surface area contributed by atoms with E-state index in [1.807, 2.05) is 31.4 Å². The van der Waals surface area contributed by atoms with Gasteiger partial charge in [0.2, 0.25) is 0 Å². The highest BCUT2D eigenvalue weighted by molar-refractivity contribution is 5.90. The Morgan fingerprint density at radius 2 is 2.12 bits per heavy atom. The van der Waals surface area contributed by atoms with Crippen LogP contribution in [0, 0.1) is 6.92 Å². The summed E-state index contributed by atoms with van der Waals surface area (Å²) in [5.41, 5.74) is 2.31. The summed E-state index contributed by atoms with van der Waals surface area (Å²) < 4.78 is 6.53. The Hall–Kier alpha value is -1.84. The molecule has 0 bridgehead atoms. The van der Waals surface area contributed by atoms with E-state index >= 15 is 0 Å². The number of methoxy groups -OCH3 is 1. The molecule has 0 fully saturated rings. The normalized spacial score (nSPS) is 9.50. The van der Waals surface area contributed by atoms with Crippen molar-refractivity contribution in [2.24, 2.45) is 0 Å². The number of esters is 1. The van der Waals surface area contributed by atoms with Gasteiger partial charge in [0.15, 0.2) is 0 Å². The van der Waals surface area contributed by atoms with Gasteiger partial charge in [-0.3, -0.25) is 0 Å². The van der Waals surface area contributed by atoms with Crippen LogP contribution in [-0.4, -0.2) is 22.5 Å². The molecule has 4 heteroatoms. The number of fused-ring (bicyclic) bond motifs is 1. The Labute approximate surface area is 94.9 Å². The van der Waals surface area contributed by atoms with Gasteiger partial charge in [-0.2, -0.15) is 0 Å². The predicted molar refractivity (Wildman–Crippen MR) is 62.6 cm³/mol. The molecule has 2 aromatic rings. The Morgan fingerprint density at radius 1 is 1.44 bits per heavy atom. The van der Waals surface area contributed by atoms with Gasteiger partial charge in [-0.15, -0.1) is 0 Å². The zero-order valence-electron chi connectivity index (χ0n) is 10.0. The second-order valence-corrected chi connectivity index (χ2v) is 3.03. The van der Waals surface area contributed by atoms with Gasteiger partial charge in [-0.1, -0.05) is 13.8 Å². The quantitative estimate of drug-likeness (QED) is 0.693. The van der Waals surface area contributed by atoms with Crippen molar-refractivity contribution in [3.63, 3.8) is 0 Å². The highest BCUT2D eigenvalue weighted by Gasteiger charge is 2.07. The van der Waals surface area contributed by atoms with Gasteiger partial charge in [-0.25, -0.2) is 9.78 Å². The molecular weight excluding hydrogens is 204 g/mol. The van der Waals surface area contributed by atoms with E-state index in [1.165, 1.54) is 7.11 Å². The molecule has 0 aliphatic carbocycles. The SMILES string of the molecule is CC.COC(=O)c1ccn2c(C)cnc2c1. The molecule has 0 radical (unpaired) electrons. The van der Waals surface area contributed by atoms with E-state index in [2.05, 4.69) is 9.72 Å². The maximum Gasteiger partial charge on any atom is 0.338 e. The number of hydrogen-bond acceptors (Lipinski definition) is 3. The minimum Gasteiger partial charge on any atom is -0.465 e. The van der Waals surface area contributed by atoms with Gasteiger partial charge < -0.3 is 9.14 Å². The number of nitrogens with zero attached hydrogens (tertiary/aromatic N) is 2. The van der Waals surface area contributed by atoms with Crippen molar-refractivity contribution in [1.82, 2.24) is 9.38 Å². The van der Waals surface area contributed by atoms with Gasteiger partial charge in [0.05, 0.1) is 12.7 Å². The molecule has 0 atom stereocenters. The molecular formula is C12H16N2O2. The van der Waals surface area contributed by atoms with Crippen LogP contribution in [0.5, 0.6) is 0 Å². The fourth-order valence-corrected chi connectivity index (χ4v) is 1.35. The first-order valence-corrected chi connectivity index (χ1v) is 5.24. The van der Waals surface area contributed by atoms with E-state index in [1.54, 1.807) is 18.3 Å². The summed E-state index contributed by atoms with van der Waals surface area (Å²) in [6.45, 7) is 5.96. The van der Waals surface area contributed by atoms with Crippen molar-refractivity contribution in [2.75, 3.05) is 7.11 Å². The van der Waals surface area contributed by atoms with Gasteiger partial charge >= 0.3 is 5.97 Å². The number of pyridine rings is 1. The Morgan fingerprint density at radius 3 is 2.75 bits per heavy atom. The van der Waals surface area contributed by atoms with Gasteiger partial charge in [0.25, 0.3) is 0 Å². The number of carbonyl (C=O) groups is 1. The zero-order valence-corrected chi connectivity index (χ0v) is 10.0. The maximum atomic E-state index is 11.2. The highest BCUT2D eigenvalue weighted by Crippen LogP contribution is 2.09. The summed E-state index contributed by atoms with van der Waals surface area (Å²) in [5, 5.41) is 0. The van der Waals surface area contributed by atoms with Crippen molar-refractivity contribution >= 4 is 11.6 Å². The van der Waals surface area contributed by atoms with E-state index in [0.29, 0.717) is 5.56 Å². The number of aryl methyl sites for hydroxylation is 1. The first kappa shape index (κ1) is 12.2. The molecule has 2 aromatic heterocycles. The van der Waals surface area contributed by atoms with E-state index in [4.69, 9.17) is 0 Å². The van der Waals surface area contributed by atoms with Crippen LogP contribution in [0.25, 0.3) is 5.65 Å². The third-order valence-corrected chi connectivity index (χ3v) is 2.12. The lowest BCUT2D eigenvalue weighted by molar-refractivity contribution is 0.0600. The molecule has 0 unspecified atom stereocenters. The largest absolute Gasteiger partial charge is 0.465 e. The van der Waals surface area contributed by atoms with Crippen molar-refractivity contribution < 1.29 is 9.53 Å². The average molecular weight is 220 g/mol. The lowest BCUT2D eigenvalue weighted by atomic mass is 10.3. The Balaban J connectivity index is 0.000000606. The van der Waals surface area contributed by atoms with Crippen LogP contribution >= 0.6 is 0 Å². The fraction of sp³-hybridized carbons (Fsp3) is 0.333. The maximum absolute atomic E-state index is 11.2. The fourth-order valence-electron chi connectivity index (χ4n) is 1.35. The molecule has 2 rings (SSSR count). The first-order chi connectivity index (χ1) is 7.72. The topological polar surface area (TPSA) is 43.6 Å². The van der Waals surface area contributed by atoms with Gasteiger partial charge in [0, 0.05) is 18.1 Å². The van der Waals surface area contributed by atoms with E-state index in [9.17, 15) is 4.79 Å². The lowest BCUT2D eigenvalue weighted by Gasteiger charge is -2.00. The van der Waals surface area contributed by atoms with E-state index < -0.39 is 0 Å². The average Bonchev–Trinajstić information content (AvgIpc) is 2.72. The van der Waals surface area contributed by atoms with Crippen LogP contribution in [0.2, 0.25) is 0 Å². The summed E-state index contributed by atoms with van der Waals surface area (Å²) in [5.74, 6) is -0.340. The summed E-state index contributed by atoms with van der Waals surface area (Å²) in [6, 6.07) is 3.42. The van der Waals surface area contributed by atoms with Crippen molar-refractivity contribution in [3.05, 3.63) is 35.8 Å². The molecule has 0 aliphatic rings. The molecule has 0 saturated carbocycles. The minimum atomic E-state index is -0.340. The number of carbonyl (C=O) groups excluding carboxylic acids is 1. The van der Waals surface area contributed by atoms with Gasteiger partial charge in [0.1, 0.15) is 5.65 Å². The molecule has 4 nitrogen and oxygen atoms in total. The van der Waals surface area contributed by atoms with E-state index in [0.717, 1.165) is 11.3 Å². The third kappa shape index (κ3) is 2.21.